The molecule has 0 radical (unpaired) electrons. The lowest BCUT2D eigenvalue weighted by molar-refractivity contribution is -0.0714. The van der Waals surface area contributed by atoms with Gasteiger partial charge in [-0.2, -0.15) is 0 Å². The molecule has 1 N–H and O–H groups in total. The molecule has 0 saturated carbocycles. The van der Waals surface area contributed by atoms with E-state index in [0.717, 1.165) is 38.4 Å². The summed E-state index contributed by atoms with van der Waals surface area (Å²) in [6, 6.07) is 0.342. The van der Waals surface area contributed by atoms with E-state index in [9.17, 15) is 0 Å². The Morgan fingerprint density at radius 2 is 2.26 bits per heavy atom. The summed E-state index contributed by atoms with van der Waals surface area (Å²) >= 11 is 0. The fourth-order valence-electron chi connectivity index (χ4n) is 2.49. The fraction of sp³-hybridized carbons (Fsp3) is 0.923. The summed E-state index contributed by atoms with van der Waals surface area (Å²) in [4.78, 5) is 0. The highest BCUT2D eigenvalue weighted by Crippen LogP contribution is 2.31. The van der Waals surface area contributed by atoms with E-state index in [-0.39, 0.29) is 5.60 Å². The minimum absolute atomic E-state index is 0.0858. The molecular weight excluding hydrogens is 242 g/mol. The Hall–Kier alpha value is -1.01. The molecule has 1 aromatic heterocycles. The maximum Gasteiger partial charge on any atom is 0.165 e. The van der Waals surface area contributed by atoms with Gasteiger partial charge in [0.05, 0.1) is 18.2 Å². The molecule has 1 aliphatic heterocycles. The quantitative estimate of drug-likeness (QED) is 0.877. The Kier molecular flexibility index (Phi) is 4.52. The van der Waals surface area contributed by atoms with Gasteiger partial charge in [0.1, 0.15) is 0 Å². The zero-order valence-electron chi connectivity index (χ0n) is 12.4. The minimum Gasteiger partial charge on any atom is -0.375 e. The van der Waals surface area contributed by atoms with Crippen LogP contribution in [-0.4, -0.2) is 39.0 Å². The third-order valence-corrected chi connectivity index (χ3v) is 3.41. The summed E-state index contributed by atoms with van der Waals surface area (Å²) in [5, 5.41) is 15.5. The van der Waals surface area contributed by atoms with E-state index in [2.05, 4.69) is 48.5 Å². The van der Waals surface area contributed by atoms with Crippen molar-refractivity contribution in [2.75, 3.05) is 13.2 Å². The molecule has 2 heterocycles. The van der Waals surface area contributed by atoms with Gasteiger partial charge in [0.15, 0.2) is 5.82 Å². The first-order valence-electron chi connectivity index (χ1n) is 7.09. The Balaban J connectivity index is 1.98. The first-order valence-corrected chi connectivity index (χ1v) is 7.09. The molecule has 0 bridgehead atoms. The molecule has 0 aliphatic carbocycles. The molecule has 19 heavy (non-hydrogen) atoms. The van der Waals surface area contributed by atoms with Gasteiger partial charge in [-0.15, -0.1) is 5.10 Å². The second-order valence-corrected chi connectivity index (χ2v) is 6.32. The predicted octanol–water partition coefficient (Wildman–Crippen LogP) is 1.55. The Morgan fingerprint density at radius 1 is 1.47 bits per heavy atom. The van der Waals surface area contributed by atoms with Crippen molar-refractivity contribution in [2.24, 2.45) is 5.92 Å². The molecule has 6 nitrogen and oxygen atoms in total. The van der Waals surface area contributed by atoms with Crippen molar-refractivity contribution in [3.05, 3.63) is 5.82 Å². The summed E-state index contributed by atoms with van der Waals surface area (Å²) in [6.45, 7) is 11.1. The molecular formula is C13H25N5O. The third-order valence-electron chi connectivity index (χ3n) is 3.41. The van der Waals surface area contributed by atoms with Crippen LogP contribution in [0.2, 0.25) is 0 Å². The first kappa shape index (κ1) is 14.4. The molecule has 108 valence electrons. The van der Waals surface area contributed by atoms with Crippen molar-refractivity contribution in [2.45, 2.75) is 58.7 Å². The van der Waals surface area contributed by atoms with Gasteiger partial charge in [0.2, 0.25) is 0 Å². The topological polar surface area (TPSA) is 64.9 Å². The minimum atomic E-state index is -0.0858. The largest absolute Gasteiger partial charge is 0.375 e. The number of nitrogens with zero attached hydrogens (tertiary/aromatic N) is 4. The number of hydrogen-bond acceptors (Lipinski definition) is 5. The fourth-order valence-corrected chi connectivity index (χ4v) is 2.49. The van der Waals surface area contributed by atoms with E-state index in [1.807, 2.05) is 4.68 Å². The highest BCUT2D eigenvalue weighted by atomic mass is 16.5. The number of ether oxygens (including phenoxy) is 1. The van der Waals surface area contributed by atoms with Crippen molar-refractivity contribution in [1.29, 1.82) is 0 Å². The number of rotatable bonds is 5. The van der Waals surface area contributed by atoms with Crippen LogP contribution >= 0.6 is 0 Å². The molecule has 0 amide bonds. The first-order chi connectivity index (χ1) is 8.98. The molecule has 0 spiro atoms. The van der Waals surface area contributed by atoms with Crippen LogP contribution in [0.4, 0.5) is 0 Å². The molecule has 1 saturated heterocycles. The van der Waals surface area contributed by atoms with Gasteiger partial charge in [0.25, 0.3) is 0 Å². The molecule has 1 atom stereocenters. The van der Waals surface area contributed by atoms with Crippen LogP contribution in [-0.2, 0) is 11.3 Å². The lowest BCUT2D eigenvalue weighted by atomic mass is 9.94. The van der Waals surface area contributed by atoms with Crippen LogP contribution < -0.4 is 5.32 Å². The smallest absolute Gasteiger partial charge is 0.165 e. The molecule has 0 aromatic carbocycles. The number of aromatic nitrogens is 4. The monoisotopic (exact) mass is 267 g/mol. The van der Waals surface area contributed by atoms with Crippen molar-refractivity contribution in [1.82, 2.24) is 25.5 Å². The lowest BCUT2D eigenvalue weighted by Gasteiger charge is -2.35. The normalized spacial score (nSPS) is 22.9. The molecule has 1 unspecified atom stereocenters. The molecule has 2 rings (SSSR count). The second-order valence-electron chi connectivity index (χ2n) is 6.32. The van der Waals surface area contributed by atoms with Crippen LogP contribution in [0.1, 0.15) is 52.4 Å². The molecule has 1 aromatic rings. The number of tetrazole rings is 1. The highest BCUT2D eigenvalue weighted by molar-refractivity contribution is 4.89. The number of hydrogen-bond donors (Lipinski definition) is 1. The van der Waals surface area contributed by atoms with E-state index >= 15 is 0 Å². The van der Waals surface area contributed by atoms with Crippen molar-refractivity contribution in [3.8, 4) is 0 Å². The molecule has 1 fully saturated rings. The summed E-state index contributed by atoms with van der Waals surface area (Å²) < 4.78 is 7.72. The standard InChI is InChI=1S/C13H25N5O/c1-10(2)8-14-9-12-15-16-17-18(12)11-5-6-19-13(3,4)7-11/h10-11,14H,5-9H2,1-4H3. The van der Waals surface area contributed by atoms with Crippen LogP contribution in [0.5, 0.6) is 0 Å². The maximum atomic E-state index is 5.75. The van der Waals surface area contributed by atoms with Gasteiger partial charge < -0.3 is 10.1 Å². The molecule has 6 heteroatoms. The van der Waals surface area contributed by atoms with Crippen LogP contribution in [0.25, 0.3) is 0 Å². The summed E-state index contributed by atoms with van der Waals surface area (Å²) in [7, 11) is 0. The number of nitrogens with one attached hydrogen (secondary N) is 1. The zero-order valence-corrected chi connectivity index (χ0v) is 12.4. The average Bonchev–Trinajstić information content (AvgIpc) is 2.75. The van der Waals surface area contributed by atoms with Gasteiger partial charge >= 0.3 is 0 Å². The Labute approximate surface area is 114 Å². The predicted molar refractivity (Wildman–Crippen MR) is 72.7 cm³/mol. The van der Waals surface area contributed by atoms with E-state index < -0.39 is 0 Å². The molecule has 1 aliphatic rings. The van der Waals surface area contributed by atoms with Crippen LogP contribution in [0, 0.1) is 5.92 Å². The zero-order chi connectivity index (χ0) is 13.9. The highest BCUT2D eigenvalue weighted by Gasteiger charge is 2.31. The maximum absolute atomic E-state index is 5.75. The van der Waals surface area contributed by atoms with Gasteiger partial charge in [-0.05, 0) is 49.6 Å². The van der Waals surface area contributed by atoms with E-state index in [0.29, 0.717) is 12.0 Å². The van der Waals surface area contributed by atoms with Gasteiger partial charge in [0, 0.05) is 6.61 Å². The van der Waals surface area contributed by atoms with Crippen molar-refractivity contribution >= 4 is 0 Å². The van der Waals surface area contributed by atoms with Crippen LogP contribution in [0.3, 0.4) is 0 Å². The van der Waals surface area contributed by atoms with E-state index in [4.69, 9.17) is 4.74 Å². The SMILES string of the molecule is CC(C)CNCc1nnnn1C1CCOC(C)(C)C1. The van der Waals surface area contributed by atoms with Gasteiger partial charge in [-0.25, -0.2) is 4.68 Å². The van der Waals surface area contributed by atoms with Crippen molar-refractivity contribution in [3.63, 3.8) is 0 Å². The average molecular weight is 267 g/mol. The summed E-state index contributed by atoms with van der Waals surface area (Å²) in [5.41, 5.74) is -0.0858. The summed E-state index contributed by atoms with van der Waals surface area (Å²) in [6.07, 6.45) is 1.93. The second kappa shape index (κ2) is 5.96. The van der Waals surface area contributed by atoms with E-state index in [1.165, 1.54) is 0 Å². The van der Waals surface area contributed by atoms with Gasteiger partial charge in [-0.3, -0.25) is 0 Å². The van der Waals surface area contributed by atoms with Gasteiger partial charge in [-0.1, -0.05) is 13.8 Å². The van der Waals surface area contributed by atoms with E-state index in [1.54, 1.807) is 0 Å². The Morgan fingerprint density at radius 3 is 2.95 bits per heavy atom. The summed E-state index contributed by atoms with van der Waals surface area (Å²) in [5.74, 6) is 1.55. The third kappa shape index (κ3) is 3.98. The van der Waals surface area contributed by atoms with Crippen LogP contribution in [0.15, 0.2) is 0 Å². The van der Waals surface area contributed by atoms with Crippen molar-refractivity contribution < 1.29 is 4.74 Å². The Bertz CT molecular complexity index is 401. The lowest BCUT2D eigenvalue weighted by Crippen LogP contribution is -2.36.